The van der Waals surface area contributed by atoms with Crippen LogP contribution in [0.25, 0.3) is 0 Å². The maximum Gasteiger partial charge on any atom is 0.276 e. The van der Waals surface area contributed by atoms with Gasteiger partial charge in [-0.05, 0) is 17.9 Å². The van der Waals surface area contributed by atoms with Crippen molar-refractivity contribution >= 4 is 21.5 Å². The Labute approximate surface area is 82.2 Å². The molecule has 13 heavy (non-hydrogen) atoms. The van der Waals surface area contributed by atoms with Crippen LogP contribution in [-0.4, -0.2) is 26.3 Å². The minimum absolute atomic E-state index is 0.430. The van der Waals surface area contributed by atoms with Gasteiger partial charge in [0.2, 0.25) is 0 Å². The SMILES string of the molecule is CN(CCc1cccs1)S(N)(=O)=O. The smallest absolute Gasteiger partial charge is 0.216 e. The van der Waals surface area contributed by atoms with Gasteiger partial charge in [-0.3, -0.25) is 0 Å². The Kier molecular flexibility index (Phi) is 3.43. The minimum Gasteiger partial charge on any atom is -0.216 e. The van der Waals surface area contributed by atoms with Gasteiger partial charge in [0.1, 0.15) is 0 Å². The lowest BCUT2D eigenvalue weighted by Crippen LogP contribution is -2.34. The molecule has 0 aliphatic heterocycles. The molecule has 0 bridgehead atoms. The fraction of sp³-hybridized carbons (Fsp3) is 0.429. The largest absolute Gasteiger partial charge is 0.276 e. The van der Waals surface area contributed by atoms with Gasteiger partial charge < -0.3 is 0 Å². The highest BCUT2D eigenvalue weighted by atomic mass is 32.2. The zero-order valence-corrected chi connectivity index (χ0v) is 8.94. The Balaban J connectivity index is 2.44. The molecular weight excluding hydrogens is 208 g/mol. The van der Waals surface area contributed by atoms with Gasteiger partial charge in [-0.25, -0.2) is 5.14 Å². The van der Waals surface area contributed by atoms with Crippen molar-refractivity contribution in [1.82, 2.24) is 4.31 Å². The first-order valence-corrected chi connectivity index (χ1v) is 6.15. The van der Waals surface area contributed by atoms with Crippen LogP contribution >= 0.6 is 11.3 Å². The number of hydrogen-bond acceptors (Lipinski definition) is 3. The van der Waals surface area contributed by atoms with E-state index in [1.807, 2.05) is 17.5 Å². The first kappa shape index (κ1) is 10.6. The summed E-state index contributed by atoms with van der Waals surface area (Å²) >= 11 is 1.61. The summed E-state index contributed by atoms with van der Waals surface area (Å²) < 4.78 is 22.7. The molecule has 6 heteroatoms. The summed E-state index contributed by atoms with van der Waals surface area (Å²) in [5.74, 6) is 0. The van der Waals surface area contributed by atoms with Crippen LogP contribution in [0.5, 0.6) is 0 Å². The second-order valence-electron chi connectivity index (χ2n) is 2.70. The maximum absolute atomic E-state index is 10.8. The van der Waals surface area contributed by atoms with Crippen molar-refractivity contribution in [2.75, 3.05) is 13.6 Å². The summed E-state index contributed by atoms with van der Waals surface area (Å²) in [5.41, 5.74) is 0. The standard InChI is InChI=1S/C7H12N2O2S2/c1-9(13(8,10)11)5-4-7-3-2-6-12-7/h2-3,6H,4-5H2,1H3,(H2,8,10,11). The Bertz CT molecular complexity index is 345. The second-order valence-corrected chi connectivity index (χ2v) is 5.38. The van der Waals surface area contributed by atoms with E-state index in [0.29, 0.717) is 13.0 Å². The van der Waals surface area contributed by atoms with Crippen LogP contribution in [0.1, 0.15) is 4.88 Å². The Hall–Kier alpha value is -0.430. The molecule has 0 unspecified atom stereocenters. The molecule has 0 spiro atoms. The molecule has 1 aromatic heterocycles. The molecule has 0 saturated heterocycles. The molecule has 1 rings (SSSR count). The summed E-state index contributed by atoms with van der Waals surface area (Å²) in [6.07, 6.45) is 0.713. The van der Waals surface area contributed by atoms with E-state index in [-0.39, 0.29) is 0 Å². The zero-order valence-electron chi connectivity index (χ0n) is 7.30. The van der Waals surface area contributed by atoms with Gasteiger partial charge in [-0.2, -0.15) is 12.7 Å². The van der Waals surface area contributed by atoms with Crippen molar-refractivity contribution < 1.29 is 8.42 Å². The average Bonchev–Trinajstić information content (AvgIpc) is 2.50. The van der Waals surface area contributed by atoms with E-state index in [2.05, 4.69) is 0 Å². The Morgan fingerprint density at radius 2 is 2.31 bits per heavy atom. The van der Waals surface area contributed by atoms with Crippen molar-refractivity contribution in [2.45, 2.75) is 6.42 Å². The first-order valence-electron chi connectivity index (χ1n) is 3.76. The third-order valence-electron chi connectivity index (χ3n) is 1.69. The van der Waals surface area contributed by atoms with Crippen molar-refractivity contribution in [3.05, 3.63) is 22.4 Å². The number of likely N-dealkylation sites (N-methyl/N-ethyl adjacent to an activating group) is 1. The van der Waals surface area contributed by atoms with Crippen LogP contribution in [0, 0.1) is 0 Å². The molecule has 0 aromatic carbocycles. The second kappa shape index (κ2) is 4.19. The normalized spacial score (nSPS) is 12.2. The number of thiophene rings is 1. The summed E-state index contributed by atoms with van der Waals surface area (Å²) in [7, 11) is -2.04. The van der Waals surface area contributed by atoms with Gasteiger partial charge in [0.15, 0.2) is 0 Å². The van der Waals surface area contributed by atoms with Crippen LogP contribution in [0.4, 0.5) is 0 Å². The monoisotopic (exact) mass is 220 g/mol. The average molecular weight is 220 g/mol. The van der Waals surface area contributed by atoms with Crippen LogP contribution in [0.15, 0.2) is 17.5 Å². The molecule has 0 aliphatic rings. The molecule has 0 aliphatic carbocycles. The molecule has 1 heterocycles. The molecule has 2 N–H and O–H groups in total. The lowest BCUT2D eigenvalue weighted by atomic mass is 10.3. The fourth-order valence-electron chi connectivity index (χ4n) is 0.850. The molecule has 0 amide bonds. The molecule has 4 nitrogen and oxygen atoms in total. The van der Waals surface area contributed by atoms with Crippen LogP contribution in [0.3, 0.4) is 0 Å². The summed E-state index contributed by atoms with van der Waals surface area (Å²) in [6.45, 7) is 0.430. The fourth-order valence-corrected chi connectivity index (χ4v) is 1.89. The molecule has 1 aromatic rings. The molecule has 0 atom stereocenters. The van der Waals surface area contributed by atoms with E-state index in [9.17, 15) is 8.42 Å². The maximum atomic E-state index is 10.8. The Morgan fingerprint density at radius 3 is 2.77 bits per heavy atom. The molecule has 0 fully saturated rings. The number of nitrogens with two attached hydrogens (primary N) is 1. The van der Waals surface area contributed by atoms with Gasteiger partial charge >= 0.3 is 0 Å². The number of hydrogen-bond donors (Lipinski definition) is 1. The van der Waals surface area contributed by atoms with Crippen LogP contribution < -0.4 is 5.14 Å². The quantitative estimate of drug-likeness (QED) is 0.799. The summed E-state index contributed by atoms with van der Waals surface area (Å²) in [4.78, 5) is 1.16. The zero-order chi connectivity index (χ0) is 9.90. The van der Waals surface area contributed by atoms with Gasteiger partial charge in [-0.15, -0.1) is 11.3 Å². The topological polar surface area (TPSA) is 63.4 Å². The molecular formula is C7H12N2O2S2. The lowest BCUT2D eigenvalue weighted by molar-refractivity contribution is 0.475. The first-order chi connectivity index (χ1) is 6.00. The van der Waals surface area contributed by atoms with E-state index >= 15 is 0 Å². The minimum atomic E-state index is -3.52. The predicted octanol–water partition coefficient (Wildman–Crippen LogP) is 0.426. The highest BCUT2D eigenvalue weighted by Crippen LogP contribution is 2.09. The highest BCUT2D eigenvalue weighted by Gasteiger charge is 2.10. The van der Waals surface area contributed by atoms with Crippen molar-refractivity contribution in [2.24, 2.45) is 5.14 Å². The molecule has 74 valence electrons. The van der Waals surface area contributed by atoms with Crippen molar-refractivity contribution in [3.63, 3.8) is 0 Å². The van der Waals surface area contributed by atoms with Crippen LogP contribution in [-0.2, 0) is 16.6 Å². The molecule has 0 radical (unpaired) electrons. The van der Waals surface area contributed by atoms with Crippen molar-refractivity contribution in [1.29, 1.82) is 0 Å². The third kappa shape index (κ3) is 3.43. The summed E-state index contributed by atoms with van der Waals surface area (Å²) in [6, 6.07) is 3.92. The Morgan fingerprint density at radius 1 is 1.62 bits per heavy atom. The number of nitrogens with zero attached hydrogens (tertiary/aromatic N) is 1. The number of rotatable bonds is 4. The highest BCUT2D eigenvalue weighted by molar-refractivity contribution is 7.86. The van der Waals surface area contributed by atoms with E-state index < -0.39 is 10.2 Å². The van der Waals surface area contributed by atoms with E-state index in [1.165, 1.54) is 7.05 Å². The van der Waals surface area contributed by atoms with Gasteiger partial charge in [0, 0.05) is 18.5 Å². The molecule has 0 saturated carbocycles. The van der Waals surface area contributed by atoms with Gasteiger partial charge in [0.25, 0.3) is 10.2 Å². The third-order valence-corrected chi connectivity index (χ3v) is 3.68. The van der Waals surface area contributed by atoms with E-state index in [4.69, 9.17) is 5.14 Å². The van der Waals surface area contributed by atoms with Crippen molar-refractivity contribution in [3.8, 4) is 0 Å². The van der Waals surface area contributed by atoms with Crippen LogP contribution in [0.2, 0.25) is 0 Å². The van der Waals surface area contributed by atoms with E-state index in [0.717, 1.165) is 9.18 Å². The lowest BCUT2D eigenvalue weighted by Gasteiger charge is -2.11. The predicted molar refractivity (Wildman–Crippen MR) is 53.8 cm³/mol. The summed E-state index contributed by atoms with van der Waals surface area (Å²) in [5, 5.41) is 6.88. The van der Waals surface area contributed by atoms with E-state index in [1.54, 1.807) is 11.3 Å². The van der Waals surface area contributed by atoms with Gasteiger partial charge in [0.05, 0.1) is 0 Å². The van der Waals surface area contributed by atoms with Gasteiger partial charge in [-0.1, -0.05) is 6.07 Å².